The maximum atomic E-state index is 12.1. The van der Waals surface area contributed by atoms with E-state index < -0.39 is 18.2 Å². The van der Waals surface area contributed by atoms with Crippen LogP contribution in [-0.4, -0.2) is 18.4 Å². The van der Waals surface area contributed by atoms with E-state index in [0.29, 0.717) is 0 Å². The van der Waals surface area contributed by atoms with Crippen LogP contribution in [-0.2, 0) is 4.74 Å². The smallest absolute Gasteiger partial charge is 0.366 e. The summed E-state index contributed by atoms with van der Waals surface area (Å²) >= 11 is 0. The fourth-order valence-electron chi connectivity index (χ4n) is 1.59. The van der Waals surface area contributed by atoms with Gasteiger partial charge < -0.3 is 4.74 Å². The van der Waals surface area contributed by atoms with Gasteiger partial charge in [0.2, 0.25) is 0 Å². The first-order chi connectivity index (χ1) is 5.07. The molecule has 1 saturated heterocycles. The van der Waals surface area contributed by atoms with Gasteiger partial charge in [-0.25, -0.2) is 0 Å². The Kier molecular flexibility index (Phi) is 1.30. The van der Waals surface area contributed by atoms with Crippen molar-refractivity contribution in [2.24, 2.45) is 5.92 Å². The van der Waals surface area contributed by atoms with Crippen molar-refractivity contribution in [3.63, 3.8) is 0 Å². The van der Waals surface area contributed by atoms with Gasteiger partial charge >= 0.3 is 6.18 Å². The van der Waals surface area contributed by atoms with E-state index in [0.717, 1.165) is 0 Å². The summed E-state index contributed by atoms with van der Waals surface area (Å²) < 4.78 is 41.3. The topological polar surface area (TPSA) is 9.23 Å². The number of hydrogen-bond donors (Lipinski definition) is 0. The fourth-order valence-corrected chi connectivity index (χ4v) is 1.59. The van der Waals surface area contributed by atoms with Gasteiger partial charge in [-0.2, -0.15) is 13.2 Å². The Labute approximate surface area is 61.8 Å². The van der Waals surface area contributed by atoms with Gasteiger partial charge in [-0.1, -0.05) is 12.2 Å². The van der Waals surface area contributed by atoms with E-state index in [1.54, 1.807) is 6.08 Å². The quantitative estimate of drug-likeness (QED) is 0.497. The normalized spacial score (nSPS) is 41.9. The van der Waals surface area contributed by atoms with Crippen LogP contribution >= 0.6 is 0 Å². The van der Waals surface area contributed by atoms with E-state index in [-0.39, 0.29) is 12.5 Å². The molecule has 0 aromatic heterocycles. The van der Waals surface area contributed by atoms with Gasteiger partial charge in [-0.3, -0.25) is 0 Å². The van der Waals surface area contributed by atoms with Crippen molar-refractivity contribution in [2.45, 2.75) is 24.8 Å². The SMILES string of the molecule is FC(F)(F)C1C[C@H]2C=CC1O2. The van der Waals surface area contributed by atoms with E-state index in [9.17, 15) is 13.2 Å². The molecular formula is C7H7F3O. The van der Waals surface area contributed by atoms with Crippen LogP contribution < -0.4 is 0 Å². The summed E-state index contributed by atoms with van der Waals surface area (Å²) in [5, 5.41) is 0. The summed E-state index contributed by atoms with van der Waals surface area (Å²) in [5.74, 6) is -1.27. The molecule has 62 valence electrons. The first-order valence-electron chi connectivity index (χ1n) is 3.48. The van der Waals surface area contributed by atoms with Crippen LogP contribution in [0.1, 0.15) is 6.42 Å². The summed E-state index contributed by atoms with van der Waals surface area (Å²) in [5.41, 5.74) is 0. The predicted octanol–water partition coefficient (Wildman–Crippen LogP) is 1.89. The Balaban J connectivity index is 2.15. The molecule has 0 spiro atoms. The van der Waals surface area contributed by atoms with Crippen molar-refractivity contribution in [3.8, 4) is 0 Å². The summed E-state index contributed by atoms with van der Waals surface area (Å²) in [6.07, 6.45) is -1.78. The van der Waals surface area contributed by atoms with Gasteiger partial charge in [-0.15, -0.1) is 0 Å². The second-order valence-electron chi connectivity index (χ2n) is 2.91. The lowest BCUT2D eigenvalue weighted by atomic mass is 9.94. The molecule has 2 bridgehead atoms. The first-order valence-corrected chi connectivity index (χ1v) is 3.48. The van der Waals surface area contributed by atoms with Crippen molar-refractivity contribution in [1.29, 1.82) is 0 Å². The zero-order valence-corrected chi connectivity index (χ0v) is 5.64. The summed E-state index contributed by atoms with van der Waals surface area (Å²) in [6.45, 7) is 0. The van der Waals surface area contributed by atoms with Gasteiger partial charge in [0.1, 0.15) is 0 Å². The Morgan fingerprint density at radius 3 is 2.27 bits per heavy atom. The standard InChI is InChI=1S/C7H7F3O/c8-7(9,10)5-3-4-1-2-6(5)11-4/h1-2,4-6H,3H2/t4-,5?,6?/m1/s1. The molecule has 0 radical (unpaired) electrons. The number of halogens is 3. The van der Waals surface area contributed by atoms with E-state index in [1.165, 1.54) is 6.08 Å². The first kappa shape index (κ1) is 7.16. The molecule has 3 atom stereocenters. The molecule has 0 saturated carbocycles. The maximum absolute atomic E-state index is 12.1. The van der Waals surface area contributed by atoms with Crippen LogP contribution in [0.5, 0.6) is 0 Å². The average molecular weight is 164 g/mol. The van der Waals surface area contributed by atoms with E-state index in [1.807, 2.05) is 0 Å². The van der Waals surface area contributed by atoms with E-state index in [2.05, 4.69) is 0 Å². The van der Waals surface area contributed by atoms with Gasteiger partial charge in [0.25, 0.3) is 0 Å². The second kappa shape index (κ2) is 2.00. The van der Waals surface area contributed by atoms with Crippen LogP contribution in [0.15, 0.2) is 12.2 Å². The monoisotopic (exact) mass is 164 g/mol. The molecule has 11 heavy (non-hydrogen) atoms. The molecule has 4 heteroatoms. The average Bonchev–Trinajstić information content (AvgIpc) is 2.42. The molecule has 2 unspecified atom stereocenters. The Morgan fingerprint density at radius 2 is 2.00 bits per heavy atom. The van der Waals surface area contributed by atoms with Crippen molar-refractivity contribution in [2.75, 3.05) is 0 Å². The number of rotatable bonds is 0. The highest BCUT2D eigenvalue weighted by Gasteiger charge is 2.51. The zero-order chi connectivity index (χ0) is 8.06. The number of fused-ring (bicyclic) bond motifs is 2. The molecule has 1 fully saturated rings. The molecule has 2 heterocycles. The third-order valence-corrected chi connectivity index (χ3v) is 2.15. The lowest BCUT2D eigenvalue weighted by molar-refractivity contribution is -0.180. The van der Waals surface area contributed by atoms with Crippen LogP contribution in [0.25, 0.3) is 0 Å². The van der Waals surface area contributed by atoms with Crippen molar-refractivity contribution >= 4 is 0 Å². The van der Waals surface area contributed by atoms with Crippen molar-refractivity contribution < 1.29 is 17.9 Å². The Bertz CT molecular complexity index is 196. The third kappa shape index (κ3) is 1.05. The summed E-state index contributed by atoms with van der Waals surface area (Å²) in [4.78, 5) is 0. The molecule has 0 aliphatic carbocycles. The van der Waals surface area contributed by atoms with E-state index in [4.69, 9.17) is 4.74 Å². The molecule has 0 aromatic rings. The lowest BCUT2D eigenvalue weighted by Gasteiger charge is -2.18. The fraction of sp³-hybridized carbons (Fsp3) is 0.714. The van der Waals surface area contributed by atoms with Crippen LogP contribution in [0, 0.1) is 5.92 Å². The number of alkyl halides is 3. The van der Waals surface area contributed by atoms with Gasteiger partial charge in [0.05, 0.1) is 18.1 Å². The molecule has 0 N–H and O–H groups in total. The highest BCUT2D eigenvalue weighted by molar-refractivity contribution is 5.12. The minimum absolute atomic E-state index is 0.102. The maximum Gasteiger partial charge on any atom is 0.394 e. The number of ether oxygens (including phenoxy) is 1. The highest BCUT2D eigenvalue weighted by Crippen LogP contribution is 2.43. The minimum Gasteiger partial charge on any atom is -0.366 e. The van der Waals surface area contributed by atoms with Crippen molar-refractivity contribution in [3.05, 3.63) is 12.2 Å². The molecule has 2 rings (SSSR count). The highest BCUT2D eigenvalue weighted by atomic mass is 19.4. The largest absolute Gasteiger partial charge is 0.394 e. The zero-order valence-electron chi connectivity index (χ0n) is 5.64. The summed E-state index contributed by atoms with van der Waals surface area (Å²) in [7, 11) is 0. The molecular weight excluding hydrogens is 157 g/mol. The molecule has 0 amide bonds. The van der Waals surface area contributed by atoms with Crippen LogP contribution in [0.2, 0.25) is 0 Å². The van der Waals surface area contributed by atoms with Gasteiger partial charge in [0, 0.05) is 0 Å². The molecule has 2 aliphatic rings. The minimum atomic E-state index is -4.09. The molecule has 1 nitrogen and oxygen atoms in total. The lowest BCUT2D eigenvalue weighted by Crippen LogP contribution is -2.29. The van der Waals surface area contributed by atoms with E-state index >= 15 is 0 Å². The van der Waals surface area contributed by atoms with Crippen LogP contribution in [0.4, 0.5) is 13.2 Å². The Morgan fingerprint density at radius 1 is 1.27 bits per heavy atom. The van der Waals surface area contributed by atoms with Crippen molar-refractivity contribution in [1.82, 2.24) is 0 Å². The number of hydrogen-bond acceptors (Lipinski definition) is 1. The Hall–Kier alpha value is -0.510. The van der Waals surface area contributed by atoms with Crippen LogP contribution in [0.3, 0.4) is 0 Å². The predicted molar refractivity (Wildman–Crippen MR) is 32.0 cm³/mol. The summed E-state index contributed by atoms with van der Waals surface area (Å²) in [6, 6.07) is 0. The third-order valence-electron chi connectivity index (χ3n) is 2.15. The van der Waals surface area contributed by atoms with Gasteiger partial charge in [0.15, 0.2) is 0 Å². The second-order valence-corrected chi connectivity index (χ2v) is 2.91. The molecule has 0 aromatic carbocycles. The molecule has 2 aliphatic heterocycles. The van der Waals surface area contributed by atoms with Gasteiger partial charge in [-0.05, 0) is 6.42 Å².